The van der Waals surface area contributed by atoms with E-state index in [1.807, 2.05) is 19.9 Å². The molecule has 0 saturated heterocycles. The number of phenolic OH excluding ortho intramolecular Hbond substituents is 1. The lowest BCUT2D eigenvalue weighted by atomic mass is 10.0. The smallest absolute Gasteiger partial charge is 0.342 e. The van der Waals surface area contributed by atoms with Crippen molar-refractivity contribution in [1.82, 2.24) is 0 Å². The number of halogens is 1. The van der Waals surface area contributed by atoms with Crippen molar-refractivity contribution in [3.63, 3.8) is 0 Å². The predicted octanol–water partition coefficient (Wildman–Crippen LogP) is 4.20. The van der Waals surface area contributed by atoms with E-state index in [9.17, 15) is 14.7 Å². The van der Waals surface area contributed by atoms with Crippen molar-refractivity contribution in [2.75, 3.05) is 0 Å². The number of ether oxygens (including phenoxy) is 1. The summed E-state index contributed by atoms with van der Waals surface area (Å²) in [6, 6.07) is 9.79. The number of carbonyl (C=O) groups excluding carboxylic acids is 2. The first-order valence-electron chi connectivity index (χ1n) is 7.10. The largest absolute Gasteiger partial charge is 0.507 e. The molecule has 2 aromatic rings. The number of Topliss-reactive ketones (excluding diaryl/α,β-unsaturated/α-hetero) is 1. The van der Waals surface area contributed by atoms with Gasteiger partial charge >= 0.3 is 5.97 Å². The Morgan fingerprint density at radius 1 is 1.09 bits per heavy atom. The maximum Gasteiger partial charge on any atom is 0.342 e. The third kappa shape index (κ3) is 3.99. The average molecular weight is 377 g/mol. The summed E-state index contributed by atoms with van der Waals surface area (Å²) in [6.07, 6.45) is -0.942. The molecule has 0 spiro atoms. The second-order valence-corrected chi connectivity index (χ2v) is 6.29. The van der Waals surface area contributed by atoms with Gasteiger partial charge in [0.25, 0.3) is 0 Å². The molecular weight excluding hydrogens is 360 g/mol. The van der Waals surface area contributed by atoms with Crippen molar-refractivity contribution in [3.8, 4) is 5.75 Å². The van der Waals surface area contributed by atoms with Gasteiger partial charge in [-0.05, 0) is 56.2 Å². The summed E-state index contributed by atoms with van der Waals surface area (Å²) in [5, 5.41) is 9.73. The lowest BCUT2D eigenvalue weighted by molar-refractivity contribution is 0.0316. The lowest BCUT2D eigenvalue weighted by Gasteiger charge is -2.14. The quantitative estimate of drug-likeness (QED) is 0.641. The van der Waals surface area contributed by atoms with E-state index in [1.54, 1.807) is 18.2 Å². The van der Waals surface area contributed by atoms with Crippen LogP contribution in [0.25, 0.3) is 0 Å². The van der Waals surface area contributed by atoms with Gasteiger partial charge in [0.1, 0.15) is 11.3 Å². The number of benzene rings is 2. The van der Waals surface area contributed by atoms with Crippen LogP contribution in [-0.4, -0.2) is 23.0 Å². The molecule has 0 aliphatic heterocycles. The van der Waals surface area contributed by atoms with Gasteiger partial charge in [-0.3, -0.25) is 4.79 Å². The molecule has 1 N–H and O–H groups in total. The molecule has 5 heteroatoms. The normalized spacial score (nSPS) is 11.8. The highest BCUT2D eigenvalue weighted by Crippen LogP contribution is 2.23. The minimum absolute atomic E-state index is 0.0131. The fourth-order valence-corrected chi connectivity index (χ4v) is 2.44. The number of ketones is 1. The Hall–Kier alpha value is -2.14. The first-order chi connectivity index (χ1) is 10.8. The van der Waals surface area contributed by atoms with Crippen molar-refractivity contribution in [2.45, 2.75) is 26.9 Å². The zero-order valence-corrected chi connectivity index (χ0v) is 14.7. The van der Waals surface area contributed by atoms with Gasteiger partial charge in [-0.25, -0.2) is 4.79 Å². The molecule has 120 valence electrons. The molecule has 0 radical (unpaired) electrons. The number of phenols is 1. The summed E-state index contributed by atoms with van der Waals surface area (Å²) >= 11 is 3.23. The first-order valence-corrected chi connectivity index (χ1v) is 7.90. The standard InChI is InChI=1S/C18H17BrO4/c1-10-4-5-13(8-11(10)2)17(21)12(3)23-18(22)15-9-14(19)6-7-16(15)20/h4-9,12,20H,1-3H3/t12-/m1/s1. The van der Waals surface area contributed by atoms with Crippen molar-refractivity contribution >= 4 is 27.7 Å². The van der Waals surface area contributed by atoms with E-state index in [1.165, 1.54) is 19.1 Å². The summed E-state index contributed by atoms with van der Waals surface area (Å²) in [4.78, 5) is 24.5. The van der Waals surface area contributed by atoms with Gasteiger partial charge in [0.2, 0.25) is 5.78 Å². The molecule has 0 aromatic heterocycles. The maximum atomic E-state index is 12.4. The summed E-state index contributed by atoms with van der Waals surface area (Å²) in [5.41, 5.74) is 2.59. The number of hydrogen-bond donors (Lipinski definition) is 1. The zero-order valence-electron chi connectivity index (χ0n) is 13.1. The molecule has 4 nitrogen and oxygen atoms in total. The summed E-state index contributed by atoms with van der Waals surface area (Å²) < 4.78 is 5.82. The Labute approximate surface area is 143 Å². The maximum absolute atomic E-state index is 12.4. The molecule has 0 amide bonds. The number of rotatable bonds is 4. The number of aryl methyl sites for hydroxylation is 2. The van der Waals surface area contributed by atoms with Crippen LogP contribution in [0.3, 0.4) is 0 Å². The van der Waals surface area contributed by atoms with Crippen LogP contribution >= 0.6 is 15.9 Å². The molecule has 0 saturated carbocycles. The molecule has 1 atom stereocenters. The monoisotopic (exact) mass is 376 g/mol. The van der Waals surface area contributed by atoms with Crippen LogP contribution in [0.15, 0.2) is 40.9 Å². The molecule has 0 fully saturated rings. The molecule has 23 heavy (non-hydrogen) atoms. The van der Waals surface area contributed by atoms with Crippen LogP contribution in [0.1, 0.15) is 38.8 Å². The van der Waals surface area contributed by atoms with Crippen LogP contribution in [0.4, 0.5) is 0 Å². The second-order valence-electron chi connectivity index (χ2n) is 5.37. The Kier molecular flexibility index (Phi) is 5.21. The minimum Gasteiger partial charge on any atom is -0.507 e. The average Bonchev–Trinajstić information content (AvgIpc) is 2.51. The highest BCUT2D eigenvalue weighted by molar-refractivity contribution is 9.10. The highest BCUT2D eigenvalue weighted by Gasteiger charge is 2.22. The topological polar surface area (TPSA) is 63.6 Å². The van der Waals surface area contributed by atoms with Crippen LogP contribution in [0.2, 0.25) is 0 Å². The third-order valence-corrected chi connectivity index (χ3v) is 4.12. The van der Waals surface area contributed by atoms with Crippen molar-refractivity contribution in [2.24, 2.45) is 0 Å². The molecule has 2 aromatic carbocycles. The second kappa shape index (κ2) is 6.96. The number of aromatic hydroxyl groups is 1. The van der Waals surface area contributed by atoms with Crippen LogP contribution in [0.5, 0.6) is 5.75 Å². The van der Waals surface area contributed by atoms with Gasteiger partial charge in [-0.15, -0.1) is 0 Å². The van der Waals surface area contributed by atoms with Crippen LogP contribution in [0, 0.1) is 13.8 Å². The Bertz CT molecular complexity index is 768. The summed E-state index contributed by atoms with van der Waals surface area (Å²) in [7, 11) is 0. The van der Waals surface area contributed by atoms with Crippen molar-refractivity contribution < 1.29 is 19.4 Å². The van der Waals surface area contributed by atoms with Gasteiger partial charge in [0.15, 0.2) is 6.10 Å². The Balaban J connectivity index is 2.15. The van der Waals surface area contributed by atoms with Gasteiger partial charge in [0.05, 0.1) is 0 Å². The number of esters is 1. The Morgan fingerprint density at radius 2 is 1.78 bits per heavy atom. The Morgan fingerprint density at radius 3 is 2.43 bits per heavy atom. The van der Waals surface area contributed by atoms with Crippen LogP contribution < -0.4 is 0 Å². The van der Waals surface area contributed by atoms with E-state index in [2.05, 4.69) is 15.9 Å². The van der Waals surface area contributed by atoms with E-state index in [0.29, 0.717) is 10.0 Å². The van der Waals surface area contributed by atoms with Crippen molar-refractivity contribution in [1.29, 1.82) is 0 Å². The first kappa shape index (κ1) is 17.2. The van der Waals surface area contributed by atoms with E-state index in [4.69, 9.17) is 4.74 Å². The fraction of sp³-hybridized carbons (Fsp3) is 0.222. The van der Waals surface area contributed by atoms with E-state index < -0.39 is 12.1 Å². The third-order valence-electron chi connectivity index (χ3n) is 3.62. The van der Waals surface area contributed by atoms with Gasteiger partial charge in [-0.2, -0.15) is 0 Å². The molecular formula is C18H17BrO4. The summed E-state index contributed by atoms with van der Waals surface area (Å²) in [6.45, 7) is 5.40. The van der Waals surface area contributed by atoms with Crippen LogP contribution in [-0.2, 0) is 4.74 Å². The molecule has 0 unspecified atom stereocenters. The SMILES string of the molecule is Cc1ccc(C(=O)[C@@H](C)OC(=O)c2cc(Br)ccc2O)cc1C. The predicted molar refractivity (Wildman–Crippen MR) is 90.9 cm³/mol. The number of hydrogen-bond acceptors (Lipinski definition) is 4. The van der Waals surface area contributed by atoms with E-state index in [-0.39, 0.29) is 17.1 Å². The van der Waals surface area contributed by atoms with Gasteiger partial charge in [0, 0.05) is 10.0 Å². The van der Waals surface area contributed by atoms with Gasteiger partial charge in [-0.1, -0.05) is 28.1 Å². The van der Waals surface area contributed by atoms with Crippen molar-refractivity contribution in [3.05, 3.63) is 63.1 Å². The molecule has 0 heterocycles. The summed E-state index contributed by atoms with van der Waals surface area (Å²) in [5.74, 6) is -1.21. The molecule has 0 aliphatic rings. The molecule has 0 aliphatic carbocycles. The fourth-order valence-electron chi connectivity index (χ4n) is 2.08. The van der Waals surface area contributed by atoms with E-state index in [0.717, 1.165) is 11.1 Å². The van der Waals surface area contributed by atoms with Gasteiger partial charge < -0.3 is 9.84 Å². The molecule has 2 rings (SSSR count). The van der Waals surface area contributed by atoms with E-state index >= 15 is 0 Å². The lowest BCUT2D eigenvalue weighted by Crippen LogP contribution is -2.24. The minimum atomic E-state index is -0.942. The number of carbonyl (C=O) groups is 2. The molecule has 0 bridgehead atoms. The highest BCUT2D eigenvalue weighted by atomic mass is 79.9. The zero-order chi connectivity index (χ0) is 17.1.